The van der Waals surface area contributed by atoms with Crippen LogP contribution >= 0.6 is 0 Å². The highest BCUT2D eigenvalue weighted by Gasteiger charge is 2.30. The molecule has 1 aliphatic heterocycles. The molecule has 5 heteroatoms. The zero-order valence-electron chi connectivity index (χ0n) is 11.2. The molecule has 1 aromatic carbocycles. The maximum absolute atomic E-state index is 12.2. The van der Waals surface area contributed by atoms with Crippen LogP contribution in [0.4, 0.5) is 0 Å². The van der Waals surface area contributed by atoms with E-state index in [9.17, 15) is 9.59 Å². The number of nitrogens with zero attached hydrogens (tertiary/aromatic N) is 2. The van der Waals surface area contributed by atoms with E-state index in [4.69, 9.17) is 0 Å². The zero-order valence-corrected chi connectivity index (χ0v) is 11.2. The number of benzene rings is 1. The number of fused-ring (bicyclic) bond motifs is 3. The molecule has 0 radical (unpaired) electrons. The zero-order chi connectivity index (χ0) is 14.4. The van der Waals surface area contributed by atoms with Crippen LogP contribution in [0.2, 0.25) is 0 Å². The second-order valence-electron chi connectivity index (χ2n) is 5.25. The van der Waals surface area contributed by atoms with Crippen LogP contribution in [-0.2, 0) is 9.59 Å². The Morgan fingerprint density at radius 2 is 1.90 bits per heavy atom. The van der Waals surface area contributed by atoms with Crippen molar-refractivity contribution in [3.63, 3.8) is 0 Å². The van der Waals surface area contributed by atoms with Gasteiger partial charge in [-0.25, -0.2) is 0 Å². The van der Waals surface area contributed by atoms with Crippen LogP contribution in [0.5, 0.6) is 0 Å². The predicted octanol–water partition coefficient (Wildman–Crippen LogP) is 2.17. The highest BCUT2D eigenvalue weighted by molar-refractivity contribution is 6.09. The van der Waals surface area contributed by atoms with Gasteiger partial charge in [0.05, 0.1) is 11.7 Å². The number of nitrogens with one attached hydrogen (secondary N) is 1. The summed E-state index contributed by atoms with van der Waals surface area (Å²) in [4.78, 5) is 27.8. The van der Waals surface area contributed by atoms with Crippen molar-refractivity contribution in [3.8, 4) is 0 Å². The third-order valence-electron chi connectivity index (χ3n) is 4.04. The fraction of sp³-hybridized carbons (Fsp3) is 0.188. The van der Waals surface area contributed by atoms with Crippen molar-refractivity contribution in [3.05, 3.63) is 42.7 Å². The first-order valence-electron chi connectivity index (χ1n) is 6.92. The lowest BCUT2D eigenvalue weighted by Gasteiger charge is -2.23. The molecule has 0 saturated carbocycles. The van der Waals surface area contributed by atoms with E-state index in [1.807, 2.05) is 34.9 Å². The molecule has 104 valence electrons. The fourth-order valence-electron chi connectivity index (χ4n) is 3.11. The van der Waals surface area contributed by atoms with Crippen molar-refractivity contribution in [2.24, 2.45) is 0 Å². The molecule has 0 aliphatic carbocycles. The van der Waals surface area contributed by atoms with Crippen molar-refractivity contribution in [1.29, 1.82) is 0 Å². The van der Waals surface area contributed by atoms with Gasteiger partial charge >= 0.3 is 0 Å². The molecule has 1 aliphatic rings. The number of pyridine rings is 1. The molecule has 0 bridgehead atoms. The van der Waals surface area contributed by atoms with Crippen LogP contribution in [0.3, 0.4) is 0 Å². The van der Waals surface area contributed by atoms with E-state index in [1.165, 1.54) is 0 Å². The largest absolute Gasteiger partial charge is 0.327 e. The van der Waals surface area contributed by atoms with Gasteiger partial charge in [0, 0.05) is 28.9 Å². The predicted molar refractivity (Wildman–Crippen MR) is 78.7 cm³/mol. The summed E-state index contributed by atoms with van der Waals surface area (Å²) in [5, 5.41) is 4.60. The molecule has 5 nitrogen and oxygen atoms in total. The van der Waals surface area contributed by atoms with E-state index >= 15 is 0 Å². The number of carbonyl (C=O) groups excluding carboxylic acids is 2. The minimum Gasteiger partial charge on any atom is -0.327 e. The molecule has 1 saturated heterocycles. The summed E-state index contributed by atoms with van der Waals surface area (Å²) in [5.74, 6) is -0.437. The molecule has 2 amide bonds. The molecule has 0 spiro atoms. The molecule has 1 N–H and O–H groups in total. The average molecular weight is 279 g/mol. The smallest absolute Gasteiger partial charge is 0.249 e. The first kappa shape index (κ1) is 12.1. The number of rotatable bonds is 1. The van der Waals surface area contributed by atoms with Crippen LogP contribution in [0, 0.1) is 0 Å². The summed E-state index contributed by atoms with van der Waals surface area (Å²) >= 11 is 0. The Labute approximate surface area is 120 Å². The normalized spacial score (nSPS) is 19.1. The maximum Gasteiger partial charge on any atom is 0.249 e. The number of hydrogen-bond acceptors (Lipinski definition) is 3. The Morgan fingerprint density at radius 3 is 2.76 bits per heavy atom. The Bertz CT molecular complexity index is 828. The SMILES string of the molecule is O=C1CC[C@H](n2c3ccccc3c3ccncc32)C(=O)N1. The summed E-state index contributed by atoms with van der Waals surface area (Å²) in [5.41, 5.74) is 1.92. The summed E-state index contributed by atoms with van der Waals surface area (Å²) in [6.07, 6.45) is 4.42. The third kappa shape index (κ3) is 1.74. The standard InChI is InChI=1S/C16H13N3O2/c20-15-6-5-13(16(21)18-15)19-12-4-2-1-3-10(12)11-7-8-17-9-14(11)19/h1-4,7-9,13H,5-6H2,(H,18,20,21)/t13-/m0/s1. The van der Waals surface area contributed by atoms with E-state index in [1.54, 1.807) is 12.4 Å². The van der Waals surface area contributed by atoms with E-state index in [-0.39, 0.29) is 17.9 Å². The maximum atomic E-state index is 12.2. The molecule has 3 aromatic rings. The molecule has 4 rings (SSSR count). The van der Waals surface area contributed by atoms with Crippen molar-refractivity contribution in [2.45, 2.75) is 18.9 Å². The summed E-state index contributed by atoms with van der Waals surface area (Å²) in [6, 6.07) is 9.57. The van der Waals surface area contributed by atoms with Crippen LogP contribution < -0.4 is 5.32 Å². The van der Waals surface area contributed by atoms with Crippen LogP contribution in [-0.4, -0.2) is 21.4 Å². The number of hydrogen-bond donors (Lipinski definition) is 1. The molecule has 2 aromatic heterocycles. The van der Waals surface area contributed by atoms with Gasteiger partial charge in [-0.2, -0.15) is 0 Å². The van der Waals surface area contributed by atoms with Crippen LogP contribution in [0.15, 0.2) is 42.7 Å². The summed E-state index contributed by atoms with van der Waals surface area (Å²) in [6.45, 7) is 0. The first-order valence-corrected chi connectivity index (χ1v) is 6.92. The minimum absolute atomic E-state index is 0.199. The van der Waals surface area contributed by atoms with E-state index in [0.29, 0.717) is 12.8 Å². The van der Waals surface area contributed by atoms with Gasteiger partial charge in [0.1, 0.15) is 6.04 Å². The minimum atomic E-state index is -0.366. The van der Waals surface area contributed by atoms with Crippen LogP contribution in [0.25, 0.3) is 21.8 Å². The number of amides is 2. The van der Waals surface area contributed by atoms with Crippen molar-refractivity contribution in [2.75, 3.05) is 0 Å². The number of imide groups is 1. The Balaban J connectivity index is 2.02. The second-order valence-corrected chi connectivity index (χ2v) is 5.25. The van der Waals surface area contributed by atoms with Gasteiger partial charge < -0.3 is 4.57 Å². The Kier molecular flexibility index (Phi) is 2.54. The van der Waals surface area contributed by atoms with Crippen molar-refractivity contribution in [1.82, 2.24) is 14.9 Å². The van der Waals surface area contributed by atoms with E-state index < -0.39 is 0 Å². The highest BCUT2D eigenvalue weighted by atomic mass is 16.2. The molecular weight excluding hydrogens is 266 g/mol. The Morgan fingerprint density at radius 1 is 1.10 bits per heavy atom. The quantitative estimate of drug-likeness (QED) is 0.694. The number of para-hydroxylation sites is 1. The molecule has 0 unspecified atom stereocenters. The van der Waals surface area contributed by atoms with Gasteiger partial charge in [-0.05, 0) is 18.6 Å². The van der Waals surface area contributed by atoms with Gasteiger partial charge in [-0.15, -0.1) is 0 Å². The van der Waals surface area contributed by atoms with Gasteiger partial charge in [-0.1, -0.05) is 18.2 Å². The van der Waals surface area contributed by atoms with Gasteiger partial charge in [0.2, 0.25) is 11.8 Å². The van der Waals surface area contributed by atoms with Crippen molar-refractivity contribution < 1.29 is 9.59 Å². The van der Waals surface area contributed by atoms with Crippen molar-refractivity contribution >= 4 is 33.6 Å². The number of aromatic nitrogens is 2. The lowest BCUT2D eigenvalue weighted by Crippen LogP contribution is -2.41. The lowest BCUT2D eigenvalue weighted by atomic mass is 10.1. The summed E-state index contributed by atoms with van der Waals surface area (Å²) < 4.78 is 2.00. The van der Waals surface area contributed by atoms with E-state index in [2.05, 4.69) is 10.3 Å². The number of carbonyl (C=O) groups is 2. The van der Waals surface area contributed by atoms with Gasteiger partial charge in [0.25, 0.3) is 0 Å². The average Bonchev–Trinajstić information content (AvgIpc) is 2.82. The first-order chi connectivity index (χ1) is 10.3. The molecular formula is C16H13N3O2. The lowest BCUT2D eigenvalue weighted by molar-refractivity contribution is -0.135. The summed E-state index contributed by atoms with van der Waals surface area (Å²) in [7, 11) is 0. The molecule has 1 atom stereocenters. The second kappa shape index (κ2) is 4.41. The topological polar surface area (TPSA) is 64.0 Å². The van der Waals surface area contributed by atoms with E-state index in [0.717, 1.165) is 21.8 Å². The number of piperidine rings is 1. The van der Waals surface area contributed by atoms with Gasteiger partial charge in [-0.3, -0.25) is 19.9 Å². The molecule has 1 fully saturated rings. The highest BCUT2D eigenvalue weighted by Crippen LogP contribution is 2.33. The van der Waals surface area contributed by atoms with Gasteiger partial charge in [0.15, 0.2) is 0 Å². The van der Waals surface area contributed by atoms with Crippen LogP contribution in [0.1, 0.15) is 18.9 Å². The Hall–Kier alpha value is -2.69. The fourth-order valence-corrected chi connectivity index (χ4v) is 3.11. The third-order valence-corrected chi connectivity index (χ3v) is 4.04. The molecule has 21 heavy (non-hydrogen) atoms. The monoisotopic (exact) mass is 279 g/mol. The molecule has 3 heterocycles.